The molecule has 2 N–H and O–H groups in total. The molecule has 1 aromatic heterocycles. The average molecular weight is 508 g/mol. The Morgan fingerprint density at radius 1 is 1.09 bits per heavy atom. The molecule has 0 aliphatic rings. The minimum atomic E-state index is -1.07. The van der Waals surface area contributed by atoms with Gasteiger partial charge in [0.1, 0.15) is 11.3 Å². The molecule has 33 heavy (non-hydrogen) atoms. The molecule has 4 rings (SSSR count). The highest BCUT2D eigenvalue weighted by Gasteiger charge is 2.17. The number of methoxy groups -OCH3 is 1. The van der Waals surface area contributed by atoms with Gasteiger partial charge in [0, 0.05) is 10.7 Å². The Hall–Kier alpha value is -3.27. The first-order valence-electron chi connectivity index (χ1n) is 9.26. The number of oxazole rings is 1. The highest BCUT2D eigenvalue weighted by molar-refractivity contribution is 7.80. The normalized spacial score (nSPS) is 10.8. The smallest absolute Gasteiger partial charge is 0.261 e. The minimum Gasteiger partial charge on any atom is -0.496 e. The van der Waals surface area contributed by atoms with E-state index in [1.54, 1.807) is 30.3 Å². The zero-order chi connectivity index (χ0) is 23.7. The summed E-state index contributed by atoms with van der Waals surface area (Å²) in [7, 11) is 1.44. The Morgan fingerprint density at radius 2 is 1.85 bits per heavy atom. The van der Waals surface area contributed by atoms with Gasteiger partial charge in [-0.15, -0.1) is 0 Å². The lowest BCUT2D eigenvalue weighted by Gasteiger charge is -2.12. The van der Waals surface area contributed by atoms with Gasteiger partial charge < -0.3 is 14.5 Å². The third-order valence-corrected chi connectivity index (χ3v) is 5.27. The van der Waals surface area contributed by atoms with Crippen LogP contribution in [0, 0.1) is 11.6 Å². The summed E-state index contributed by atoms with van der Waals surface area (Å²) < 4.78 is 37.8. The van der Waals surface area contributed by atoms with Crippen molar-refractivity contribution in [1.29, 1.82) is 0 Å². The number of amides is 1. The van der Waals surface area contributed by atoms with Crippen LogP contribution in [0.15, 0.2) is 52.9 Å². The van der Waals surface area contributed by atoms with Crippen LogP contribution in [0.2, 0.25) is 10.0 Å². The van der Waals surface area contributed by atoms with Crippen LogP contribution in [0.3, 0.4) is 0 Å². The van der Waals surface area contributed by atoms with E-state index in [1.807, 2.05) is 0 Å². The molecule has 6 nitrogen and oxygen atoms in total. The molecule has 0 saturated heterocycles. The molecule has 0 bridgehead atoms. The SMILES string of the molecule is COc1ccc(Cl)cc1C(=O)NC(=S)Nc1ccc2oc(-c3cc(F)c(F)cc3Cl)nc2c1. The molecule has 168 valence electrons. The number of nitrogens with zero attached hydrogens (tertiary/aromatic N) is 1. The van der Waals surface area contributed by atoms with Crippen LogP contribution in [-0.4, -0.2) is 23.1 Å². The quantitative estimate of drug-likeness (QED) is 0.252. The summed E-state index contributed by atoms with van der Waals surface area (Å²) in [5.41, 5.74) is 1.62. The molecule has 0 aliphatic heterocycles. The maximum atomic E-state index is 13.6. The maximum Gasteiger partial charge on any atom is 0.261 e. The number of rotatable bonds is 4. The van der Waals surface area contributed by atoms with Gasteiger partial charge in [0.2, 0.25) is 5.89 Å². The first kappa shape index (κ1) is 22.9. The van der Waals surface area contributed by atoms with E-state index in [2.05, 4.69) is 15.6 Å². The molecule has 0 atom stereocenters. The van der Waals surface area contributed by atoms with Crippen molar-refractivity contribution in [3.8, 4) is 17.2 Å². The monoisotopic (exact) mass is 507 g/mol. The second-order valence-electron chi connectivity index (χ2n) is 6.70. The number of ether oxygens (including phenoxy) is 1. The number of hydrogen-bond donors (Lipinski definition) is 2. The molecule has 4 aromatic rings. The standard InChI is InChI=1S/C22H13Cl2F2N3O3S/c1-31-18-4-2-10(23)6-13(18)20(30)29-22(33)27-11-3-5-19-17(7-11)28-21(32-19)12-8-15(25)16(26)9-14(12)24/h2-9H,1H3,(H2,27,29,30,33). The van der Waals surface area contributed by atoms with Crippen molar-refractivity contribution in [3.63, 3.8) is 0 Å². The lowest BCUT2D eigenvalue weighted by molar-refractivity contribution is 0.0974. The fraction of sp³-hybridized carbons (Fsp3) is 0.0455. The number of halogens is 4. The topological polar surface area (TPSA) is 76.4 Å². The third-order valence-electron chi connectivity index (χ3n) is 4.52. The third kappa shape index (κ3) is 4.90. The molecule has 0 aliphatic carbocycles. The van der Waals surface area contributed by atoms with E-state index in [0.29, 0.717) is 27.6 Å². The fourth-order valence-corrected chi connectivity index (χ4v) is 3.61. The van der Waals surface area contributed by atoms with Crippen LogP contribution in [0.5, 0.6) is 5.75 Å². The molecule has 0 saturated carbocycles. The Morgan fingerprint density at radius 3 is 2.61 bits per heavy atom. The molecule has 0 fully saturated rings. The number of carbonyl (C=O) groups excluding carboxylic acids is 1. The van der Waals surface area contributed by atoms with E-state index in [4.69, 9.17) is 44.6 Å². The number of benzene rings is 3. The molecule has 3 aromatic carbocycles. The zero-order valence-electron chi connectivity index (χ0n) is 16.7. The maximum absolute atomic E-state index is 13.6. The Balaban J connectivity index is 1.53. The van der Waals surface area contributed by atoms with Gasteiger partial charge in [0.25, 0.3) is 5.91 Å². The van der Waals surface area contributed by atoms with Crippen LogP contribution in [0.25, 0.3) is 22.6 Å². The summed E-state index contributed by atoms with van der Waals surface area (Å²) in [4.78, 5) is 16.8. The summed E-state index contributed by atoms with van der Waals surface area (Å²) in [6.45, 7) is 0. The van der Waals surface area contributed by atoms with Gasteiger partial charge in [-0.05, 0) is 60.7 Å². The number of aromatic nitrogens is 1. The number of anilines is 1. The summed E-state index contributed by atoms with van der Waals surface area (Å²) >= 11 is 17.2. The van der Waals surface area contributed by atoms with Crippen molar-refractivity contribution in [1.82, 2.24) is 10.3 Å². The summed E-state index contributed by atoms with van der Waals surface area (Å²) in [5, 5.41) is 5.77. The molecule has 1 amide bonds. The Kier molecular flexibility index (Phi) is 6.46. The van der Waals surface area contributed by atoms with E-state index >= 15 is 0 Å². The fourth-order valence-electron chi connectivity index (χ4n) is 3.00. The van der Waals surface area contributed by atoms with Gasteiger partial charge in [-0.2, -0.15) is 0 Å². The first-order valence-corrected chi connectivity index (χ1v) is 10.4. The number of hydrogen-bond acceptors (Lipinski definition) is 5. The lowest BCUT2D eigenvalue weighted by atomic mass is 10.2. The van der Waals surface area contributed by atoms with Crippen LogP contribution in [-0.2, 0) is 0 Å². The van der Waals surface area contributed by atoms with Crippen molar-refractivity contribution in [2.24, 2.45) is 0 Å². The van der Waals surface area contributed by atoms with E-state index in [1.165, 1.54) is 13.2 Å². The van der Waals surface area contributed by atoms with E-state index in [-0.39, 0.29) is 27.2 Å². The lowest BCUT2D eigenvalue weighted by Crippen LogP contribution is -2.34. The van der Waals surface area contributed by atoms with Gasteiger partial charge in [-0.1, -0.05) is 23.2 Å². The number of thiocarbonyl (C=S) groups is 1. The van der Waals surface area contributed by atoms with Gasteiger partial charge in [0.15, 0.2) is 22.3 Å². The summed E-state index contributed by atoms with van der Waals surface area (Å²) in [6.07, 6.45) is 0. The highest BCUT2D eigenvalue weighted by atomic mass is 35.5. The van der Waals surface area contributed by atoms with E-state index in [9.17, 15) is 13.6 Å². The molecule has 1 heterocycles. The van der Waals surface area contributed by atoms with E-state index in [0.717, 1.165) is 12.1 Å². The molecule has 0 radical (unpaired) electrons. The molecular weight excluding hydrogens is 495 g/mol. The van der Waals surface area contributed by atoms with Crippen molar-refractivity contribution >= 4 is 63.2 Å². The zero-order valence-corrected chi connectivity index (χ0v) is 19.0. The van der Waals surface area contributed by atoms with Crippen LogP contribution >= 0.6 is 35.4 Å². The second kappa shape index (κ2) is 9.30. The Labute approximate surface area is 201 Å². The highest BCUT2D eigenvalue weighted by Crippen LogP contribution is 2.32. The molecule has 11 heteroatoms. The van der Waals surface area contributed by atoms with Crippen LogP contribution < -0.4 is 15.4 Å². The van der Waals surface area contributed by atoms with Crippen molar-refractivity contribution < 1.29 is 22.7 Å². The minimum absolute atomic E-state index is 0.0220. The van der Waals surface area contributed by atoms with Gasteiger partial charge in [-0.25, -0.2) is 13.8 Å². The predicted molar refractivity (Wildman–Crippen MR) is 126 cm³/mol. The second-order valence-corrected chi connectivity index (χ2v) is 7.95. The average Bonchev–Trinajstić information content (AvgIpc) is 3.19. The summed E-state index contributed by atoms with van der Waals surface area (Å²) in [6, 6.07) is 11.3. The van der Waals surface area contributed by atoms with Crippen molar-refractivity contribution in [3.05, 3.63) is 75.8 Å². The van der Waals surface area contributed by atoms with Gasteiger partial charge in [0.05, 0.1) is 23.3 Å². The molecule has 0 unspecified atom stereocenters. The van der Waals surface area contributed by atoms with Crippen LogP contribution in [0.1, 0.15) is 10.4 Å². The number of nitrogens with one attached hydrogen (secondary N) is 2. The van der Waals surface area contributed by atoms with Crippen molar-refractivity contribution in [2.75, 3.05) is 12.4 Å². The van der Waals surface area contributed by atoms with E-state index < -0.39 is 17.5 Å². The Bertz CT molecular complexity index is 1410. The number of carbonyl (C=O) groups is 1. The van der Waals surface area contributed by atoms with Gasteiger partial charge in [-0.3, -0.25) is 10.1 Å². The first-order chi connectivity index (χ1) is 15.7. The van der Waals surface area contributed by atoms with Crippen molar-refractivity contribution in [2.45, 2.75) is 0 Å². The number of fused-ring (bicyclic) bond motifs is 1. The molecule has 0 spiro atoms. The molecular formula is C22H13Cl2F2N3O3S. The summed E-state index contributed by atoms with van der Waals surface area (Å²) in [5.74, 6) is -2.29. The van der Waals surface area contributed by atoms with Crippen LogP contribution in [0.4, 0.5) is 14.5 Å². The largest absolute Gasteiger partial charge is 0.496 e. The predicted octanol–water partition coefficient (Wildman–Crippen LogP) is 6.22. The van der Waals surface area contributed by atoms with Gasteiger partial charge >= 0.3 is 0 Å².